The first-order chi connectivity index (χ1) is 8.06. The third kappa shape index (κ3) is 2.87. The van der Waals surface area contributed by atoms with Gasteiger partial charge in [0.05, 0.1) is 16.9 Å². The van der Waals surface area contributed by atoms with Crippen molar-refractivity contribution in [2.75, 3.05) is 0 Å². The van der Waals surface area contributed by atoms with Gasteiger partial charge in [-0.25, -0.2) is 0 Å². The molecule has 1 heterocycles. The van der Waals surface area contributed by atoms with Crippen molar-refractivity contribution in [1.29, 1.82) is 0 Å². The molecular weight excluding hydrogens is 282 g/mol. The van der Waals surface area contributed by atoms with Gasteiger partial charge in [-0.05, 0) is 40.5 Å². The second-order valence-corrected chi connectivity index (χ2v) is 4.78. The summed E-state index contributed by atoms with van der Waals surface area (Å²) < 4.78 is 8.27. The van der Waals surface area contributed by atoms with Gasteiger partial charge < -0.3 is 10.5 Å². The van der Waals surface area contributed by atoms with E-state index in [1.165, 1.54) is 0 Å². The number of halogens is 1. The van der Waals surface area contributed by atoms with Crippen LogP contribution in [0.25, 0.3) is 0 Å². The Bertz CT molecular complexity index is 522. The summed E-state index contributed by atoms with van der Waals surface area (Å²) in [6, 6.07) is 5.84. The molecule has 2 rings (SSSR count). The fourth-order valence-electron chi connectivity index (χ4n) is 1.46. The van der Waals surface area contributed by atoms with Crippen molar-refractivity contribution in [2.24, 2.45) is 12.8 Å². The number of benzene rings is 1. The molecule has 1 atom stereocenters. The summed E-state index contributed by atoms with van der Waals surface area (Å²) >= 11 is 3.47. The molecule has 0 spiro atoms. The lowest BCUT2D eigenvalue weighted by atomic mass is 10.1. The molecule has 0 aliphatic heterocycles. The summed E-state index contributed by atoms with van der Waals surface area (Å²) in [5, 5.41) is 4.04. The van der Waals surface area contributed by atoms with Crippen LogP contribution in [0.3, 0.4) is 0 Å². The number of hydrogen-bond acceptors (Lipinski definition) is 3. The van der Waals surface area contributed by atoms with Crippen LogP contribution in [0.2, 0.25) is 0 Å². The summed E-state index contributed by atoms with van der Waals surface area (Å²) in [5.41, 5.74) is 6.88. The first-order valence-electron chi connectivity index (χ1n) is 5.28. The predicted molar refractivity (Wildman–Crippen MR) is 70.0 cm³/mol. The normalized spacial score (nSPS) is 12.5. The fraction of sp³-hybridized carbons (Fsp3) is 0.250. The number of aromatic nitrogens is 2. The Labute approximate surface area is 109 Å². The highest BCUT2D eigenvalue weighted by Crippen LogP contribution is 2.31. The minimum atomic E-state index is 0.0127. The van der Waals surface area contributed by atoms with Crippen molar-refractivity contribution in [1.82, 2.24) is 9.78 Å². The number of aryl methyl sites for hydroxylation is 1. The van der Waals surface area contributed by atoms with Gasteiger partial charge in [0.1, 0.15) is 5.75 Å². The van der Waals surface area contributed by atoms with Crippen LogP contribution < -0.4 is 10.5 Å². The third-order valence-corrected chi connectivity index (χ3v) is 3.01. The Morgan fingerprint density at radius 2 is 2.24 bits per heavy atom. The average molecular weight is 296 g/mol. The van der Waals surface area contributed by atoms with Crippen molar-refractivity contribution in [3.63, 3.8) is 0 Å². The van der Waals surface area contributed by atoms with Gasteiger partial charge in [-0.2, -0.15) is 5.10 Å². The molecule has 0 amide bonds. The molecule has 0 saturated carbocycles. The third-order valence-electron chi connectivity index (χ3n) is 2.39. The summed E-state index contributed by atoms with van der Waals surface area (Å²) in [4.78, 5) is 0. The minimum absolute atomic E-state index is 0.0127. The number of rotatable bonds is 3. The van der Waals surface area contributed by atoms with Crippen LogP contribution in [0.5, 0.6) is 11.5 Å². The zero-order valence-electron chi connectivity index (χ0n) is 9.72. The summed E-state index contributed by atoms with van der Waals surface area (Å²) in [6.45, 7) is 1.95. The lowest BCUT2D eigenvalue weighted by molar-refractivity contribution is 0.478. The molecule has 0 bridgehead atoms. The van der Waals surface area contributed by atoms with Crippen LogP contribution in [-0.4, -0.2) is 9.78 Å². The zero-order valence-corrected chi connectivity index (χ0v) is 11.3. The Morgan fingerprint density at radius 1 is 1.47 bits per heavy atom. The van der Waals surface area contributed by atoms with Crippen molar-refractivity contribution >= 4 is 15.9 Å². The molecule has 1 aromatic carbocycles. The molecule has 0 saturated heterocycles. The molecule has 2 aromatic rings. The lowest BCUT2D eigenvalue weighted by Gasteiger charge is -2.09. The Morgan fingerprint density at radius 3 is 2.76 bits per heavy atom. The average Bonchev–Trinajstić information content (AvgIpc) is 2.67. The fourth-order valence-corrected chi connectivity index (χ4v) is 1.94. The van der Waals surface area contributed by atoms with Crippen molar-refractivity contribution < 1.29 is 4.74 Å². The topological polar surface area (TPSA) is 53.1 Å². The monoisotopic (exact) mass is 295 g/mol. The van der Waals surface area contributed by atoms with Gasteiger partial charge in [-0.1, -0.05) is 6.07 Å². The first-order valence-corrected chi connectivity index (χ1v) is 6.07. The standard InChI is InChI=1S/C12H14BrN3O/c1-8(14)9-3-4-12(11(13)5-9)17-10-6-15-16(2)7-10/h3-8H,14H2,1-2H3/t8-/m1/s1. The maximum Gasteiger partial charge on any atom is 0.165 e. The number of nitrogens with zero attached hydrogens (tertiary/aromatic N) is 2. The van der Waals surface area contributed by atoms with Crippen LogP contribution in [0.4, 0.5) is 0 Å². The zero-order chi connectivity index (χ0) is 12.4. The summed E-state index contributed by atoms with van der Waals surface area (Å²) in [5.74, 6) is 1.46. The lowest BCUT2D eigenvalue weighted by Crippen LogP contribution is -2.04. The molecule has 5 heteroatoms. The SMILES string of the molecule is C[C@@H](N)c1ccc(Oc2cnn(C)c2)c(Br)c1. The minimum Gasteiger partial charge on any atom is -0.453 e. The van der Waals surface area contributed by atoms with Crippen molar-refractivity contribution in [3.8, 4) is 11.5 Å². The van der Waals surface area contributed by atoms with Crippen molar-refractivity contribution in [2.45, 2.75) is 13.0 Å². The smallest absolute Gasteiger partial charge is 0.165 e. The maximum absolute atomic E-state index is 5.81. The second-order valence-electron chi connectivity index (χ2n) is 3.93. The van der Waals surface area contributed by atoms with E-state index in [1.807, 2.05) is 38.4 Å². The summed E-state index contributed by atoms with van der Waals surface area (Å²) in [7, 11) is 1.85. The molecule has 90 valence electrons. The molecule has 1 aromatic heterocycles. The first kappa shape index (κ1) is 12.1. The second kappa shape index (κ2) is 4.89. The highest BCUT2D eigenvalue weighted by Gasteiger charge is 2.07. The largest absolute Gasteiger partial charge is 0.453 e. The molecule has 0 unspecified atom stereocenters. The van der Waals surface area contributed by atoms with Crippen LogP contribution in [0.15, 0.2) is 35.1 Å². The highest BCUT2D eigenvalue weighted by atomic mass is 79.9. The number of hydrogen-bond donors (Lipinski definition) is 1. The number of ether oxygens (including phenoxy) is 1. The molecule has 0 aliphatic rings. The van der Waals surface area contributed by atoms with E-state index in [9.17, 15) is 0 Å². The quantitative estimate of drug-likeness (QED) is 0.947. The van der Waals surface area contributed by atoms with Crippen molar-refractivity contribution in [3.05, 3.63) is 40.6 Å². The van der Waals surface area contributed by atoms with Gasteiger partial charge in [-0.3, -0.25) is 4.68 Å². The Hall–Kier alpha value is -1.33. The van der Waals surface area contributed by atoms with Crippen LogP contribution in [-0.2, 0) is 7.05 Å². The van der Waals surface area contributed by atoms with Gasteiger partial charge in [0, 0.05) is 13.1 Å². The van der Waals surface area contributed by atoms with E-state index < -0.39 is 0 Å². The van der Waals surface area contributed by atoms with E-state index in [1.54, 1.807) is 10.9 Å². The maximum atomic E-state index is 5.81. The van der Waals surface area contributed by atoms with E-state index >= 15 is 0 Å². The van der Waals surface area contributed by atoms with Crippen LogP contribution in [0.1, 0.15) is 18.5 Å². The van der Waals surface area contributed by atoms with Gasteiger partial charge in [0.2, 0.25) is 0 Å². The molecular formula is C12H14BrN3O. The van der Waals surface area contributed by atoms with E-state index in [0.29, 0.717) is 5.75 Å². The Kier molecular flexibility index (Phi) is 3.49. The molecule has 0 fully saturated rings. The van der Waals surface area contributed by atoms with Crippen LogP contribution >= 0.6 is 15.9 Å². The van der Waals surface area contributed by atoms with Gasteiger partial charge in [0.25, 0.3) is 0 Å². The van der Waals surface area contributed by atoms with E-state index in [0.717, 1.165) is 15.8 Å². The Balaban J connectivity index is 2.22. The molecule has 0 radical (unpaired) electrons. The van der Waals surface area contributed by atoms with E-state index in [4.69, 9.17) is 10.5 Å². The van der Waals surface area contributed by atoms with E-state index in [2.05, 4.69) is 21.0 Å². The molecule has 2 N–H and O–H groups in total. The van der Waals surface area contributed by atoms with Gasteiger partial charge in [0.15, 0.2) is 5.75 Å². The molecule has 17 heavy (non-hydrogen) atoms. The number of nitrogens with two attached hydrogens (primary N) is 1. The van der Waals surface area contributed by atoms with Crippen LogP contribution in [0, 0.1) is 0 Å². The van der Waals surface area contributed by atoms with Gasteiger partial charge in [-0.15, -0.1) is 0 Å². The molecule has 4 nitrogen and oxygen atoms in total. The van der Waals surface area contributed by atoms with E-state index in [-0.39, 0.29) is 6.04 Å². The summed E-state index contributed by atoms with van der Waals surface area (Å²) in [6.07, 6.45) is 3.48. The van der Waals surface area contributed by atoms with Gasteiger partial charge >= 0.3 is 0 Å². The highest BCUT2D eigenvalue weighted by molar-refractivity contribution is 9.10. The predicted octanol–water partition coefficient (Wildman–Crippen LogP) is 2.99. The molecule has 0 aliphatic carbocycles.